The number of fused-ring (bicyclic) bond motifs is 1. The predicted molar refractivity (Wildman–Crippen MR) is 127 cm³/mol. The molecule has 33 heavy (non-hydrogen) atoms. The van der Waals surface area contributed by atoms with Crippen LogP contribution in [0, 0.1) is 16.7 Å². The van der Waals surface area contributed by atoms with E-state index in [1.165, 1.54) is 0 Å². The monoisotopic (exact) mass is 445 g/mol. The summed E-state index contributed by atoms with van der Waals surface area (Å²) in [6, 6.07) is 9.41. The zero-order chi connectivity index (χ0) is 23.0. The van der Waals surface area contributed by atoms with Gasteiger partial charge in [-0.2, -0.15) is 5.26 Å². The van der Waals surface area contributed by atoms with Crippen LogP contribution in [0.5, 0.6) is 0 Å². The first-order valence-corrected chi connectivity index (χ1v) is 11.9. The van der Waals surface area contributed by atoms with Crippen molar-refractivity contribution in [2.75, 3.05) is 26.2 Å². The SMILES string of the molecule is CC12C=C(N3CCCC3)N=CC1N=C(N1CCC[C@@H](N)C1)N(Cc1ccccc1C#N)C2=O. The fourth-order valence-electron chi connectivity index (χ4n) is 5.27. The Kier molecular flexibility index (Phi) is 5.67. The van der Waals surface area contributed by atoms with Gasteiger partial charge in [-0.25, -0.2) is 9.98 Å². The molecule has 5 rings (SSSR count). The predicted octanol–water partition coefficient (Wildman–Crippen LogP) is 2.08. The first kappa shape index (κ1) is 21.7. The van der Waals surface area contributed by atoms with E-state index in [0.717, 1.165) is 56.7 Å². The van der Waals surface area contributed by atoms with Crippen LogP contribution in [0.1, 0.15) is 43.7 Å². The number of hydrogen-bond donors (Lipinski definition) is 1. The second-order valence-electron chi connectivity index (χ2n) is 9.64. The van der Waals surface area contributed by atoms with E-state index in [-0.39, 0.29) is 18.0 Å². The number of piperidine rings is 1. The Labute approximate surface area is 195 Å². The number of nitrogens with two attached hydrogens (primary N) is 1. The minimum atomic E-state index is -0.817. The van der Waals surface area contributed by atoms with Crippen LogP contribution in [0.25, 0.3) is 0 Å². The third-order valence-electron chi connectivity index (χ3n) is 7.23. The molecule has 4 heterocycles. The molecule has 1 aromatic carbocycles. The van der Waals surface area contributed by atoms with Gasteiger partial charge in [0, 0.05) is 38.4 Å². The van der Waals surface area contributed by atoms with Crippen molar-refractivity contribution < 1.29 is 4.79 Å². The first-order chi connectivity index (χ1) is 16.0. The van der Waals surface area contributed by atoms with Crippen molar-refractivity contribution in [1.29, 1.82) is 5.26 Å². The van der Waals surface area contributed by atoms with E-state index >= 15 is 0 Å². The van der Waals surface area contributed by atoms with Crippen LogP contribution >= 0.6 is 0 Å². The average molecular weight is 446 g/mol. The maximum atomic E-state index is 14.2. The van der Waals surface area contributed by atoms with E-state index in [1.54, 1.807) is 11.0 Å². The fraction of sp³-hybridized carbons (Fsp3) is 0.520. The molecule has 1 amide bonds. The molecule has 4 aliphatic rings. The number of hydrogen-bond acceptors (Lipinski definition) is 7. The Hall–Kier alpha value is -3.18. The molecule has 4 aliphatic heterocycles. The van der Waals surface area contributed by atoms with Gasteiger partial charge >= 0.3 is 0 Å². The standard InChI is InChI=1S/C25H31N7O/c1-25-13-22(30-10-4-5-11-30)28-15-21(25)29-24(31-12-6-9-20(27)17-31)32(23(25)33)16-19-8-3-2-7-18(19)14-26/h2-3,7-8,13,15,20-21H,4-6,9-12,16-17,27H2,1H3/t20-,21?,25?/m1/s1. The van der Waals surface area contributed by atoms with Crippen molar-refractivity contribution in [3.05, 3.63) is 47.3 Å². The van der Waals surface area contributed by atoms with Crippen molar-refractivity contribution in [1.82, 2.24) is 14.7 Å². The summed E-state index contributed by atoms with van der Waals surface area (Å²) in [7, 11) is 0. The number of carbonyl (C=O) groups excluding carboxylic acids is 1. The summed E-state index contributed by atoms with van der Waals surface area (Å²) in [5, 5.41) is 9.61. The highest BCUT2D eigenvalue weighted by Gasteiger charge is 2.50. The Morgan fingerprint density at radius 3 is 2.70 bits per heavy atom. The van der Waals surface area contributed by atoms with E-state index < -0.39 is 5.41 Å². The molecule has 2 saturated heterocycles. The number of carbonyl (C=O) groups is 1. The zero-order valence-electron chi connectivity index (χ0n) is 19.2. The topological polar surface area (TPSA) is 101 Å². The Balaban J connectivity index is 1.54. The molecule has 8 nitrogen and oxygen atoms in total. The number of nitrogens with zero attached hydrogens (tertiary/aromatic N) is 6. The average Bonchev–Trinajstić information content (AvgIpc) is 3.36. The summed E-state index contributed by atoms with van der Waals surface area (Å²) in [4.78, 5) is 30.1. The van der Waals surface area contributed by atoms with Gasteiger partial charge in [-0.15, -0.1) is 0 Å². The molecule has 0 radical (unpaired) electrons. The van der Waals surface area contributed by atoms with Crippen LogP contribution < -0.4 is 5.73 Å². The van der Waals surface area contributed by atoms with Gasteiger partial charge in [0.25, 0.3) is 0 Å². The molecule has 2 N–H and O–H groups in total. The Bertz CT molecular complexity index is 1060. The van der Waals surface area contributed by atoms with Crippen LogP contribution in [0.4, 0.5) is 0 Å². The van der Waals surface area contributed by atoms with Gasteiger partial charge in [-0.3, -0.25) is 9.69 Å². The van der Waals surface area contributed by atoms with Crippen molar-refractivity contribution >= 4 is 18.1 Å². The third-order valence-corrected chi connectivity index (χ3v) is 7.23. The molecule has 0 saturated carbocycles. The fourth-order valence-corrected chi connectivity index (χ4v) is 5.27. The summed E-state index contributed by atoms with van der Waals surface area (Å²) >= 11 is 0. The quantitative estimate of drug-likeness (QED) is 0.768. The molecule has 2 unspecified atom stereocenters. The smallest absolute Gasteiger partial charge is 0.242 e. The molecular weight excluding hydrogens is 414 g/mol. The van der Waals surface area contributed by atoms with Gasteiger partial charge in [0.05, 0.1) is 23.6 Å². The van der Waals surface area contributed by atoms with Gasteiger partial charge < -0.3 is 15.5 Å². The summed E-state index contributed by atoms with van der Waals surface area (Å²) in [6.07, 6.45) is 8.09. The summed E-state index contributed by atoms with van der Waals surface area (Å²) in [5.41, 5.74) is 6.85. The lowest BCUT2D eigenvalue weighted by atomic mass is 9.78. The maximum absolute atomic E-state index is 14.2. The van der Waals surface area contributed by atoms with Crippen molar-refractivity contribution in [3.63, 3.8) is 0 Å². The minimum Gasteiger partial charge on any atom is -0.357 e. The van der Waals surface area contributed by atoms with Gasteiger partial charge in [0.15, 0.2) is 0 Å². The van der Waals surface area contributed by atoms with Crippen LogP contribution in [0.2, 0.25) is 0 Å². The second kappa shape index (κ2) is 8.64. The zero-order valence-corrected chi connectivity index (χ0v) is 19.2. The number of guanidine groups is 1. The van der Waals surface area contributed by atoms with Crippen LogP contribution in [0.3, 0.4) is 0 Å². The highest BCUT2D eigenvalue weighted by atomic mass is 16.2. The molecular formula is C25H31N7O. The minimum absolute atomic E-state index is 0.00719. The lowest BCUT2D eigenvalue weighted by Gasteiger charge is -2.46. The van der Waals surface area contributed by atoms with Crippen molar-refractivity contribution in [2.45, 2.75) is 51.2 Å². The maximum Gasteiger partial charge on any atom is 0.242 e. The second-order valence-corrected chi connectivity index (χ2v) is 9.64. The largest absolute Gasteiger partial charge is 0.357 e. The summed E-state index contributed by atoms with van der Waals surface area (Å²) < 4.78 is 0. The summed E-state index contributed by atoms with van der Waals surface area (Å²) in [6.45, 7) is 5.69. The molecule has 172 valence electrons. The van der Waals surface area contributed by atoms with E-state index in [2.05, 4.69) is 15.9 Å². The van der Waals surface area contributed by atoms with Crippen molar-refractivity contribution in [2.24, 2.45) is 21.1 Å². The van der Waals surface area contributed by atoms with Gasteiger partial charge in [0.1, 0.15) is 11.9 Å². The molecule has 0 aliphatic carbocycles. The number of rotatable bonds is 3. The lowest BCUT2D eigenvalue weighted by Crippen LogP contribution is -2.61. The van der Waals surface area contributed by atoms with Crippen LogP contribution in [-0.4, -0.2) is 71.0 Å². The molecule has 0 bridgehead atoms. The van der Waals surface area contributed by atoms with Crippen LogP contribution in [0.15, 0.2) is 46.1 Å². The van der Waals surface area contributed by atoms with Gasteiger partial charge in [-0.1, -0.05) is 18.2 Å². The van der Waals surface area contributed by atoms with E-state index in [4.69, 9.17) is 15.7 Å². The molecule has 0 spiro atoms. The number of likely N-dealkylation sites (tertiary alicyclic amines) is 2. The number of nitriles is 1. The molecule has 8 heteroatoms. The lowest BCUT2D eigenvalue weighted by molar-refractivity contribution is -0.137. The number of benzene rings is 1. The number of aliphatic imine (C=N–C) groups is 2. The van der Waals surface area contributed by atoms with Gasteiger partial charge in [0.2, 0.25) is 11.9 Å². The van der Waals surface area contributed by atoms with Crippen LogP contribution in [-0.2, 0) is 11.3 Å². The Morgan fingerprint density at radius 2 is 1.94 bits per heavy atom. The highest BCUT2D eigenvalue weighted by Crippen LogP contribution is 2.38. The molecule has 2 fully saturated rings. The van der Waals surface area contributed by atoms with Crippen molar-refractivity contribution in [3.8, 4) is 6.07 Å². The third kappa shape index (κ3) is 3.91. The first-order valence-electron chi connectivity index (χ1n) is 11.9. The Morgan fingerprint density at radius 1 is 1.18 bits per heavy atom. The van der Waals surface area contributed by atoms with E-state index in [0.29, 0.717) is 24.6 Å². The van der Waals surface area contributed by atoms with E-state index in [1.807, 2.05) is 37.4 Å². The summed E-state index contributed by atoms with van der Waals surface area (Å²) in [5.74, 6) is 1.51. The normalized spacial score (nSPS) is 29.5. The molecule has 0 aromatic heterocycles. The number of amides is 1. The van der Waals surface area contributed by atoms with E-state index in [9.17, 15) is 10.1 Å². The highest BCUT2D eigenvalue weighted by molar-refractivity contribution is 6.06. The molecule has 1 aromatic rings. The molecule has 3 atom stereocenters. The van der Waals surface area contributed by atoms with Gasteiger partial charge in [-0.05, 0) is 50.3 Å².